The fourth-order valence-electron chi connectivity index (χ4n) is 5.46. The third kappa shape index (κ3) is 7.23. The van der Waals surface area contributed by atoms with E-state index in [2.05, 4.69) is 71.7 Å². The van der Waals surface area contributed by atoms with Crippen LogP contribution >= 0.6 is 33.9 Å². The number of carbonyl (C=O) groups excluding carboxylic acids is 1. The smallest absolute Gasteiger partial charge is 0.338 e. The summed E-state index contributed by atoms with van der Waals surface area (Å²) in [5.41, 5.74) is 4.27. The minimum atomic E-state index is -0.699. The number of allylic oxidation sites excluding steroid dienone is 1. The Labute approximate surface area is 286 Å². The van der Waals surface area contributed by atoms with Gasteiger partial charge in [0.1, 0.15) is 18.1 Å². The average molecular weight is 752 g/mol. The van der Waals surface area contributed by atoms with Gasteiger partial charge >= 0.3 is 5.97 Å². The number of anilines is 1. The summed E-state index contributed by atoms with van der Waals surface area (Å²) in [6.07, 6.45) is 1.86. The van der Waals surface area contributed by atoms with Crippen molar-refractivity contribution in [3.8, 4) is 11.5 Å². The Morgan fingerprint density at radius 3 is 2.35 bits per heavy atom. The summed E-state index contributed by atoms with van der Waals surface area (Å²) in [5, 5.41) is 0. The largest absolute Gasteiger partial charge is 0.494 e. The molecule has 0 unspecified atom stereocenters. The van der Waals surface area contributed by atoms with Crippen LogP contribution in [-0.2, 0) is 16.1 Å². The Morgan fingerprint density at radius 2 is 1.70 bits per heavy atom. The van der Waals surface area contributed by atoms with Crippen LogP contribution in [0.2, 0.25) is 0 Å². The molecule has 1 aliphatic rings. The van der Waals surface area contributed by atoms with E-state index in [-0.39, 0.29) is 12.2 Å². The van der Waals surface area contributed by atoms with Crippen molar-refractivity contribution in [2.24, 2.45) is 4.99 Å². The number of nitrogens with zero attached hydrogens (tertiary/aromatic N) is 3. The fourth-order valence-corrected chi connectivity index (χ4v) is 6.85. The molecule has 0 radical (unpaired) electrons. The number of carbonyl (C=O) groups is 1. The van der Waals surface area contributed by atoms with E-state index in [9.17, 15) is 9.59 Å². The average Bonchev–Trinajstić information content (AvgIpc) is 3.36. The summed E-state index contributed by atoms with van der Waals surface area (Å²) < 4.78 is 20.7. The van der Waals surface area contributed by atoms with E-state index in [4.69, 9.17) is 19.2 Å². The van der Waals surface area contributed by atoms with Gasteiger partial charge in [-0.2, -0.15) is 0 Å². The first-order chi connectivity index (χ1) is 22.3. The number of halogens is 1. The van der Waals surface area contributed by atoms with Gasteiger partial charge in [0.05, 0.1) is 35.1 Å². The van der Waals surface area contributed by atoms with Crippen molar-refractivity contribution in [3.05, 3.63) is 118 Å². The lowest BCUT2D eigenvalue weighted by atomic mass is 9.96. The Balaban J connectivity index is 1.63. The van der Waals surface area contributed by atoms with Crippen LogP contribution in [-0.4, -0.2) is 36.8 Å². The van der Waals surface area contributed by atoms with Gasteiger partial charge in [-0.1, -0.05) is 35.6 Å². The summed E-state index contributed by atoms with van der Waals surface area (Å²) in [6, 6.07) is 21.1. The topological polar surface area (TPSA) is 82.4 Å². The molecule has 0 fully saturated rings. The Hall–Kier alpha value is -3.90. The molecule has 2 heterocycles. The fraction of sp³-hybridized carbons (Fsp3) is 0.306. The third-order valence-corrected chi connectivity index (χ3v) is 9.45. The van der Waals surface area contributed by atoms with Crippen molar-refractivity contribution in [1.29, 1.82) is 0 Å². The summed E-state index contributed by atoms with van der Waals surface area (Å²) in [5.74, 6) is 0.901. The lowest BCUT2D eigenvalue weighted by Gasteiger charge is -2.24. The number of esters is 1. The van der Waals surface area contributed by atoms with Gasteiger partial charge in [0.2, 0.25) is 0 Å². The number of rotatable bonds is 12. The molecule has 0 saturated carbocycles. The van der Waals surface area contributed by atoms with E-state index in [0.717, 1.165) is 39.0 Å². The van der Waals surface area contributed by atoms with Crippen LogP contribution < -0.4 is 29.3 Å². The molecular formula is C36H38IN3O5S. The van der Waals surface area contributed by atoms with E-state index in [0.29, 0.717) is 45.3 Å². The third-order valence-electron chi connectivity index (χ3n) is 7.74. The number of fused-ring (bicyclic) bond motifs is 1. The normalized spacial score (nSPS) is 14.5. The molecule has 1 aliphatic heterocycles. The zero-order valence-electron chi connectivity index (χ0n) is 26.7. The maximum Gasteiger partial charge on any atom is 0.338 e. The molecule has 5 rings (SSSR count). The summed E-state index contributed by atoms with van der Waals surface area (Å²) in [4.78, 5) is 35.0. The number of hydrogen-bond acceptors (Lipinski definition) is 8. The summed E-state index contributed by atoms with van der Waals surface area (Å²) in [6.45, 7) is 12.6. The van der Waals surface area contributed by atoms with Crippen molar-refractivity contribution in [1.82, 2.24) is 4.57 Å². The minimum absolute atomic E-state index is 0.213. The van der Waals surface area contributed by atoms with Crippen molar-refractivity contribution in [2.75, 3.05) is 31.2 Å². The first-order valence-electron chi connectivity index (χ1n) is 15.5. The maximum atomic E-state index is 14.2. The Kier molecular flexibility index (Phi) is 11.0. The molecule has 0 N–H and O–H groups in total. The first kappa shape index (κ1) is 33.5. The van der Waals surface area contributed by atoms with Crippen LogP contribution in [0.15, 0.2) is 87.8 Å². The number of ether oxygens (including phenoxy) is 3. The lowest BCUT2D eigenvalue weighted by Crippen LogP contribution is -2.39. The minimum Gasteiger partial charge on any atom is -0.494 e. The molecule has 10 heteroatoms. The van der Waals surface area contributed by atoms with E-state index >= 15 is 0 Å². The highest BCUT2D eigenvalue weighted by Gasteiger charge is 2.33. The van der Waals surface area contributed by atoms with Gasteiger partial charge in [0.15, 0.2) is 4.80 Å². The maximum absolute atomic E-state index is 14.2. The van der Waals surface area contributed by atoms with Crippen molar-refractivity contribution in [2.45, 2.75) is 47.3 Å². The van der Waals surface area contributed by atoms with E-state index in [1.54, 1.807) is 18.4 Å². The standard InChI is InChI=1S/C36H38IN3O5S/c1-6-39(7-2)28-17-12-26(30(21-28)45-22-24-10-15-27(37)16-11-24)20-31-34(41)40-33(25-13-18-29(19-14-25)43-8-3)32(35(42)44-9-4)23(5)38-36(40)46-31/h10-21,33H,6-9,22H2,1-5H3/b31-20-/t33-/m1/s1. The van der Waals surface area contributed by atoms with E-state index < -0.39 is 12.0 Å². The second-order valence-corrected chi connectivity index (χ2v) is 12.9. The summed E-state index contributed by atoms with van der Waals surface area (Å²) in [7, 11) is 0. The van der Waals surface area contributed by atoms with Gasteiger partial charge in [-0.25, -0.2) is 9.79 Å². The van der Waals surface area contributed by atoms with Crippen LogP contribution in [0, 0.1) is 3.57 Å². The highest BCUT2D eigenvalue weighted by atomic mass is 127. The monoisotopic (exact) mass is 751 g/mol. The number of benzene rings is 3. The predicted octanol–water partition coefficient (Wildman–Crippen LogP) is 6.23. The first-order valence-corrected chi connectivity index (χ1v) is 17.4. The molecule has 46 heavy (non-hydrogen) atoms. The van der Waals surface area contributed by atoms with E-state index in [1.165, 1.54) is 11.3 Å². The van der Waals surface area contributed by atoms with Gasteiger partial charge in [-0.05, 0) is 111 Å². The molecule has 0 spiro atoms. The molecule has 0 amide bonds. The molecule has 0 saturated heterocycles. The second-order valence-electron chi connectivity index (χ2n) is 10.6. The van der Waals surface area contributed by atoms with E-state index in [1.807, 2.05) is 49.4 Å². The van der Waals surface area contributed by atoms with Crippen LogP contribution in [0.3, 0.4) is 0 Å². The SMILES string of the molecule is CCOC(=O)C1=C(C)N=c2s/c(=C\c3ccc(N(CC)CC)cc3OCc3ccc(I)cc3)c(=O)n2[C@@H]1c1ccc(OCC)cc1. The number of aromatic nitrogens is 1. The predicted molar refractivity (Wildman–Crippen MR) is 192 cm³/mol. The molecule has 240 valence electrons. The van der Waals surface area contributed by atoms with Crippen molar-refractivity contribution in [3.63, 3.8) is 0 Å². The zero-order chi connectivity index (χ0) is 32.8. The van der Waals surface area contributed by atoms with Crippen LogP contribution in [0.25, 0.3) is 6.08 Å². The molecule has 0 bridgehead atoms. The van der Waals surface area contributed by atoms with Gasteiger partial charge in [-0.15, -0.1) is 0 Å². The molecule has 1 atom stereocenters. The molecular weight excluding hydrogens is 713 g/mol. The van der Waals surface area contributed by atoms with Crippen molar-refractivity contribution >= 4 is 51.7 Å². The highest BCUT2D eigenvalue weighted by Crippen LogP contribution is 2.32. The Morgan fingerprint density at radius 1 is 0.978 bits per heavy atom. The Bertz CT molecular complexity index is 1910. The van der Waals surface area contributed by atoms with Crippen LogP contribution in [0.1, 0.15) is 57.4 Å². The number of thiazole rings is 1. The van der Waals surface area contributed by atoms with Crippen LogP contribution in [0.4, 0.5) is 5.69 Å². The van der Waals surface area contributed by atoms with Gasteiger partial charge in [0, 0.05) is 34.0 Å². The zero-order valence-corrected chi connectivity index (χ0v) is 29.7. The highest BCUT2D eigenvalue weighted by molar-refractivity contribution is 14.1. The van der Waals surface area contributed by atoms with Gasteiger partial charge < -0.3 is 19.1 Å². The quantitative estimate of drug-likeness (QED) is 0.126. The molecule has 8 nitrogen and oxygen atoms in total. The molecule has 1 aromatic heterocycles. The van der Waals surface area contributed by atoms with Gasteiger partial charge in [0.25, 0.3) is 5.56 Å². The molecule has 0 aliphatic carbocycles. The van der Waals surface area contributed by atoms with Crippen molar-refractivity contribution < 1.29 is 19.0 Å². The second kappa shape index (κ2) is 15.1. The molecule has 3 aromatic carbocycles. The van der Waals surface area contributed by atoms with Gasteiger partial charge in [-0.3, -0.25) is 9.36 Å². The molecule has 4 aromatic rings. The summed E-state index contributed by atoms with van der Waals surface area (Å²) >= 11 is 3.58. The number of hydrogen-bond donors (Lipinski definition) is 0. The lowest BCUT2D eigenvalue weighted by molar-refractivity contribution is -0.139. The van der Waals surface area contributed by atoms with Crippen LogP contribution in [0.5, 0.6) is 11.5 Å².